The van der Waals surface area contributed by atoms with Gasteiger partial charge in [0.05, 0.1) is 31.4 Å². The van der Waals surface area contributed by atoms with Gasteiger partial charge in [-0.3, -0.25) is 19.3 Å². The maximum Gasteiger partial charge on any atom is 0.338 e. The maximum atomic E-state index is 13.7. The van der Waals surface area contributed by atoms with Gasteiger partial charge < -0.3 is 30.0 Å². The Bertz CT molecular complexity index is 1420. The fraction of sp³-hybridized carbons (Fsp3) is 0.556. The average molecular weight is 652 g/mol. The van der Waals surface area contributed by atoms with Crippen molar-refractivity contribution in [3.05, 3.63) is 59.2 Å². The number of amides is 2. The third-order valence-electron chi connectivity index (χ3n) is 9.05. The van der Waals surface area contributed by atoms with Crippen LogP contribution in [0.5, 0.6) is 11.5 Å². The second kappa shape index (κ2) is 15.8. The fourth-order valence-electron chi connectivity index (χ4n) is 6.67. The Morgan fingerprint density at radius 1 is 1.02 bits per heavy atom. The smallest absolute Gasteiger partial charge is 0.338 e. The number of aliphatic hydroxyl groups is 1. The van der Waals surface area contributed by atoms with Gasteiger partial charge in [0, 0.05) is 36.7 Å². The number of aliphatic hydroxyl groups excluding tert-OH is 1. The first-order valence-corrected chi connectivity index (χ1v) is 16.4. The van der Waals surface area contributed by atoms with Crippen LogP contribution in [0.3, 0.4) is 0 Å². The van der Waals surface area contributed by atoms with Gasteiger partial charge >= 0.3 is 11.9 Å². The molecule has 4 rings (SSSR count). The molecule has 0 aromatic heterocycles. The van der Waals surface area contributed by atoms with E-state index in [2.05, 4.69) is 15.5 Å². The molecule has 0 spiro atoms. The van der Waals surface area contributed by atoms with Crippen molar-refractivity contribution in [2.45, 2.75) is 90.4 Å². The lowest BCUT2D eigenvalue weighted by molar-refractivity contribution is -0.133. The molecule has 256 valence electrons. The maximum absolute atomic E-state index is 13.7. The summed E-state index contributed by atoms with van der Waals surface area (Å²) in [5.41, 5.74) is 0.526. The van der Waals surface area contributed by atoms with Gasteiger partial charge in [-0.05, 0) is 88.8 Å². The summed E-state index contributed by atoms with van der Waals surface area (Å²) in [4.78, 5) is 54.5. The number of piperidine rings is 1. The molecule has 0 bridgehead atoms. The molecule has 2 aliphatic rings. The molecular formula is C36H49N3O8. The molecule has 11 nitrogen and oxygen atoms in total. The third-order valence-corrected chi connectivity index (χ3v) is 9.05. The molecule has 5 atom stereocenters. The second-order valence-corrected chi connectivity index (χ2v) is 13.7. The van der Waals surface area contributed by atoms with E-state index < -0.39 is 48.2 Å². The molecule has 2 fully saturated rings. The molecule has 11 heteroatoms. The number of carbonyl (C=O) groups is 4. The first kappa shape index (κ1) is 35.9. The van der Waals surface area contributed by atoms with Gasteiger partial charge in [0.25, 0.3) is 5.91 Å². The minimum atomic E-state index is -1.02. The lowest BCUT2D eigenvalue weighted by Gasteiger charge is -2.47. The SMILES string of the molecule is COc1ccc(C(=O)O[C@H](CN2C[C@H]3CCCC[C@H]3CC2C(=O)NC(C)(C)C)[C@@H](CO)NC(=O)c2cccc(OC(C)=O)c2C)cc1. The van der Waals surface area contributed by atoms with E-state index in [1.807, 2.05) is 20.8 Å². The highest BCUT2D eigenvalue weighted by molar-refractivity contribution is 5.96. The highest BCUT2D eigenvalue weighted by Gasteiger charge is 2.42. The van der Waals surface area contributed by atoms with Crippen molar-refractivity contribution in [1.29, 1.82) is 0 Å². The van der Waals surface area contributed by atoms with E-state index >= 15 is 0 Å². The van der Waals surface area contributed by atoms with Crippen LogP contribution in [0, 0.1) is 18.8 Å². The van der Waals surface area contributed by atoms with Gasteiger partial charge in [-0.25, -0.2) is 4.79 Å². The number of carbonyl (C=O) groups excluding carboxylic acids is 4. The Balaban J connectivity index is 1.65. The number of likely N-dealkylation sites (tertiary alicyclic amines) is 1. The lowest BCUT2D eigenvalue weighted by atomic mass is 9.72. The normalized spacial score (nSPS) is 21.0. The molecule has 2 aromatic carbocycles. The molecule has 1 aliphatic heterocycles. The monoisotopic (exact) mass is 651 g/mol. The molecule has 2 amide bonds. The van der Waals surface area contributed by atoms with E-state index in [1.165, 1.54) is 14.0 Å². The second-order valence-electron chi connectivity index (χ2n) is 13.7. The van der Waals surface area contributed by atoms with E-state index in [4.69, 9.17) is 14.2 Å². The van der Waals surface area contributed by atoms with E-state index in [0.717, 1.165) is 25.7 Å². The molecule has 1 heterocycles. The Kier molecular flexibility index (Phi) is 12.0. The standard InChI is InChI=1S/C36H49N3O8/c1-22-28(12-9-13-31(22)46-23(2)41)33(42)37-29(21-40)32(47-35(44)24-14-16-27(45-6)17-15-24)20-39-19-26-11-8-7-10-25(26)18-30(39)34(43)38-36(3,4)5/h9,12-17,25-26,29-30,32,40H,7-8,10-11,18-21H2,1-6H3,(H,37,42)(H,38,43)/t25-,26+,29+,30?,32+/m0/s1. The van der Waals surface area contributed by atoms with Crippen molar-refractivity contribution in [2.75, 3.05) is 26.8 Å². The zero-order valence-corrected chi connectivity index (χ0v) is 28.3. The van der Waals surface area contributed by atoms with Crippen molar-refractivity contribution in [3.8, 4) is 11.5 Å². The number of methoxy groups -OCH3 is 1. The Morgan fingerprint density at radius 3 is 2.32 bits per heavy atom. The van der Waals surface area contributed by atoms with E-state index in [9.17, 15) is 24.3 Å². The van der Waals surface area contributed by atoms with Crippen molar-refractivity contribution in [3.63, 3.8) is 0 Å². The van der Waals surface area contributed by atoms with E-state index in [1.54, 1.807) is 49.4 Å². The predicted octanol–water partition coefficient (Wildman–Crippen LogP) is 4.04. The van der Waals surface area contributed by atoms with E-state index in [-0.39, 0.29) is 29.3 Å². The van der Waals surface area contributed by atoms with Crippen LogP contribution in [0.2, 0.25) is 0 Å². The Labute approximate surface area is 277 Å². The van der Waals surface area contributed by atoms with Gasteiger partial charge in [-0.1, -0.05) is 25.3 Å². The minimum absolute atomic E-state index is 0.0933. The molecule has 3 N–H and O–H groups in total. The lowest BCUT2D eigenvalue weighted by Crippen LogP contribution is -2.61. The number of fused-ring (bicyclic) bond motifs is 1. The van der Waals surface area contributed by atoms with Crippen molar-refractivity contribution in [1.82, 2.24) is 15.5 Å². The van der Waals surface area contributed by atoms with Crippen molar-refractivity contribution >= 4 is 23.8 Å². The summed E-state index contributed by atoms with van der Waals surface area (Å²) in [6.07, 6.45) is 4.08. The fourth-order valence-corrected chi connectivity index (χ4v) is 6.67. The number of benzene rings is 2. The largest absolute Gasteiger partial charge is 0.497 e. The van der Waals surface area contributed by atoms with Crippen molar-refractivity contribution in [2.24, 2.45) is 11.8 Å². The van der Waals surface area contributed by atoms with Gasteiger partial charge in [-0.2, -0.15) is 0 Å². The summed E-state index contributed by atoms with van der Waals surface area (Å²) < 4.78 is 16.5. The van der Waals surface area contributed by atoms with Crippen LogP contribution < -0.4 is 20.1 Å². The van der Waals surface area contributed by atoms with Crippen LogP contribution in [0.4, 0.5) is 0 Å². The van der Waals surface area contributed by atoms with Crippen LogP contribution in [0.1, 0.15) is 86.1 Å². The van der Waals surface area contributed by atoms with Crippen LogP contribution in [-0.4, -0.2) is 84.3 Å². The van der Waals surface area contributed by atoms with Crippen LogP contribution in [0.25, 0.3) is 0 Å². The average Bonchev–Trinajstić information content (AvgIpc) is 3.02. The highest BCUT2D eigenvalue weighted by Crippen LogP contribution is 2.39. The number of hydrogen-bond donors (Lipinski definition) is 3. The first-order valence-electron chi connectivity index (χ1n) is 16.4. The molecule has 0 radical (unpaired) electrons. The molecule has 1 unspecified atom stereocenters. The van der Waals surface area contributed by atoms with Crippen molar-refractivity contribution < 1.29 is 38.5 Å². The summed E-state index contributed by atoms with van der Waals surface area (Å²) in [7, 11) is 1.53. The Hall–Kier alpha value is -3.96. The number of nitrogens with one attached hydrogen (secondary N) is 2. The Morgan fingerprint density at radius 2 is 1.70 bits per heavy atom. The molecule has 47 heavy (non-hydrogen) atoms. The van der Waals surface area contributed by atoms with Gasteiger partial charge in [0.15, 0.2) is 0 Å². The van der Waals surface area contributed by atoms with Gasteiger partial charge in [0.1, 0.15) is 17.6 Å². The van der Waals surface area contributed by atoms with E-state index in [0.29, 0.717) is 36.1 Å². The quantitative estimate of drug-likeness (QED) is 0.242. The molecule has 1 aliphatic carbocycles. The van der Waals surface area contributed by atoms with Gasteiger partial charge in [-0.15, -0.1) is 0 Å². The summed E-state index contributed by atoms with van der Waals surface area (Å²) in [5.74, 6) is -0.133. The molecular weight excluding hydrogens is 602 g/mol. The summed E-state index contributed by atoms with van der Waals surface area (Å²) in [6.45, 7) is 8.98. The number of rotatable bonds is 11. The van der Waals surface area contributed by atoms with Crippen LogP contribution in [-0.2, 0) is 14.3 Å². The first-order chi connectivity index (χ1) is 22.3. The minimum Gasteiger partial charge on any atom is -0.497 e. The van der Waals surface area contributed by atoms with Crippen LogP contribution in [0.15, 0.2) is 42.5 Å². The van der Waals surface area contributed by atoms with Crippen LogP contribution >= 0.6 is 0 Å². The molecule has 2 aromatic rings. The predicted molar refractivity (Wildman–Crippen MR) is 176 cm³/mol. The zero-order valence-electron chi connectivity index (χ0n) is 28.3. The number of ether oxygens (including phenoxy) is 3. The third kappa shape index (κ3) is 9.54. The summed E-state index contributed by atoms with van der Waals surface area (Å²) in [5, 5.41) is 16.6. The highest BCUT2D eigenvalue weighted by atomic mass is 16.5. The number of nitrogens with zero attached hydrogens (tertiary/aromatic N) is 1. The molecule has 1 saturated carbocycles. The molecule has 1 saturated heterocycles. The van der Waals surface area contributed by atoms with Gasteiger partial charge in [0.2, 0.25) is 5.91 Å². The number of esters is 2. The summed E-state index contributed by atoms with van der Waals surface area (Å²) in [6, 6.07) is 9.77. The topological polar surface area (TPSA) is 144 Å². The summed E-state index contributed by atoms with van der Waals surface area (Å²) >= 11 is 0. The zero-order chi connectivity index (χ0) is 34.3. The number of hydrogen-bond acceptors (Lipinski definition) is 9.